The molecule has 0 aliphatic carbocycles. The second-order valence-corrected chi connectivity index (χ2v) is 10.6. The number of rotatable bonds is 7. The Morgan fingerprint density at radius 2 is 1.82 bits per heavy atom. The molecule has 0 radical (unpaired) electrons. The maximum absolute atomic E-state index is 13.6. The Hall–Kier alpha value is -3.35. The predicted molar refractivity (Wildman–Crippen MR) is 154 cm³/mol. The minimum absolute atomic E-state index is 0.148. The number of carboxylic acids is 1. The first-order chi connectivity index (χ1) is 18.9. The molecule has 1 amide bonds. The molecule has 0 saturated heterocycles. The number of carboxylic acid groups (broad SMARTS) is 1. The van der Waals surface area contributed by atoms with Crippen molar-refractivity contribution in [2.75, 3.05) is 26.2 Å². The van der Waals surface area contributed by atoms with E-state index in [1.54, 1.807) is 24.3 Å². The van der Waals surface area contributed by atoms with Gasteiger partial charge in [-0.1, -0.05) is 54.9 Å². The van der Waals surface area contributed by atoms with Crippen molar-refractivity contribution < 1.29 is 19.4 Å². The van der Waals surface area contributed by atoms with Gasteiger partial charge in [-0.15, -0.1) is 0 Å². The fourth-order valence-corrected chi connectivity index (χ4v) is 5.30. The topological polar surface area (TPSA) is 70.1 Å². The van der Waals surface area contributed by atoms with Crippen molar-refractivity contribution in [2.45, 2.75) is 52.1 Å². The summed E-state index contributed by atoms with van der Waals surface area (Å²) in [5, 5.41) is 10.1. The molecule has 0 spiro atoms. The first-order valence-electron chi connectivity index (χ1n) is 13.7. The van der Waals surface area contributed by atoms with Crippen LogP contribution in [0.5, 0.6) is 5.75 Å². The van der Waals surface area contributed by atoms with Gasteiger partial charge in [0.2, 0.25) is 0 Å². The third-order valence-electron chi connectivity index (χ3n) is 6.89. The van der Waals surface area contributed by atoms with Crippen LogP contribution in [0, 0.1) is 0 Å². The van der Waals surface area contributed by atoms with Crippen molar-refractivity contribution in [1.29, 1.82) is 0 Å². The Labute approximate surface area is 236 Å². The first-order valence-corrected chi connectivity index (χ1v) is 14.1. The SMILES string of the molecule is CCCN1CCCCCOc2ccc(C(=O)N(CC(=O)O)Cc3cccc(Cl)c3)cc2Cc2cccc(c2)C1. The molecule has 0 atom stereocenters. The molecule has 1 aliphatic rings. The molecule has 0 fully saturated rings. The van der Waals surface area contributed by atoms with E-state index >= 15 is 0 Å². The maximum atomic E-state index is 13.6. The summed E-state index contributed by atoms with van der Waals surface area (Å²) >= 11 is 6.12. The molecular formula is C32H37ClN2O4. The summed E-state index contributed by atoms with van der Waals surface area (Å²) in [7, 11) is 0. The van der Waals surface area contributed by atoms with Gasteiger partial charge in [0.25, 0.3) is 5.91 Å². The molecule has 7 heteroatoms. The number of benzene rings is 3. The molecule has 3 aromatic carbocycles. The van der Waals surface area contributed by atoms with Gasteiger partial charge in [-0.25, -0.2) is 0 Å². The van der Waals surface area contributed by atoms with Gasteiger partial charge in [0.05, 0.1) is 6.61 Å². The fraction of sp³-hybridized carbons (Fsp3) is 0.375. The number of nitrogens with zero attached hydrogens (tertiary/aromatic N) is 2. The summed E-state index contributed by atoms with van der Waals surface area (Å²) in [4.78, 5) is 29.1. The average molecular weight is 549 g/mol. The standard InChI is InChI=1S/C32H37ClN2O4/c1-2-14-34-15-4-3-5-16-39-30-13-12-27(20-28(30)18-24-8-6-9-25(17-24)21-34)32(38)35(23-31(36)37)22-26-10-7-11-29(33)19-26/h6-13,17,19-20H,2-5,14-16,18,21-23H2,1H3,(H,36,37). The van der Waals surface area contributed by atoms with E-state index in [1.807, 2.05) is 18.2 Å². The number of hydrogen-bond donors (Lipinski definition) is 1. The fourth-order valence-electron chi connectivity index (χ4n) is 5.09. The van der Waals surface area contributed by atoms with Crippen molar-refractivity contribution >= 4 is 23.5 Å². The number of hydrogen-bond acceptors (Lipinski definition) is 4. The van der Waals surface area contributed by atoms with Crippen LogP contribution in [0.4, 0.5) is 0 Å². The third-order valence-corrected chi connectivity index (χ3v) is 7.13. The zero-order valence-corrected chi connectivity index (χ0v) is 23.3. The van der Waals surface area contributed by atoms with Gasteiger partial charge in [-0.2, -0.15) is 0 Å². The molecule has 1 N–H and O–H groups in total. The highest BCUT2D eigenvalue weighted by Gasteiger charge is 2.21. The van der Waals surface area contributed by atoms with Crippen molar-refractivity contribution in [3.63, 3.8) is 0 Å². The number of ether oxygens (including phenoxy) is 1. The van der Waals surface area contributed by atoms with Crippen LogP contribution in [0.3, 0.4) is 0 Å². The van der Waals surface area contributed by atoms with Gasteiger partial charge < -0.3 is 14.7 Å². The summed E-state index contributed by atoms with van der Waals surface area (Å²) in [6.45, 7) is 5.67. The molecule has 4 rings (SSSR count). The second-order valence-electron chi connectivity index (χ2n) is 10.2. The third kappa shape index (κ3) is 8.57. The number of carbonyl (C=O) groups excluding carboxylic acids is 1. The molecule has 6 nitrogen and oxygen atoms in total. The number of amides is 1. The monoisotopic (exact) mass is 548 g/mol. The number of carbonyl (C=O) groups is 2. The highest BCUT2D eigenvalue weighted by Crippen LogP contribution is 2.26. The van der Waals surface area contributed by atoms with E-state index in [-0.39, 0.29) is 12.5 Å². The van der Waals surface area contributed by atoms with Crippen LogP contribution in [0.1, 0.15) is 65.2 Å². The van der Waals surface area contributed by atoms with Crippen LogP contribution in [0.15, 0.2) is 66.7 Å². The van der Waals surface area contributed by atoms with Crippen LogP contribution in [-0.4, -0.2) is 53.0 Å². The summed E-state index contributed by atoms with van der Waals surface area (Å²) in [5.41, 5.74) is 4.55. The van der Waals surface area contributed by atoms with E-state index in [4.69, 9.17) is 16.3 Å². The minimum Gasteiger partial charge on any atom is -0.493 e. The van der Waals surface area contributed by atoms with Crippen molar-refractivity contribution in [3.8, 4) is 5.75 Å². The van der Waals surface area contributed by atoms with E-state index < -0.39 is 12.5 Å². The lowest BCUT2D eigenvalue weighted by Crippen LogP contribution is -2.35. The van der Waals surface area contributed by atoms with Crippen molar-refractivity contribution in [1.82, 2.24) is 9.80 Å². The van der Waals surface area contributed by atoms with Crippen LogP contribution >= 0.6 is 11.6 Å². The lowest BCUT2D eigenvalue weighted by Gasteiger charge is -2.23. The summed E-state index contributed by atoms with van der Waals surface area (Å²) in [6, 6.07) is 21.2. The Morgan fingerprint density at radius 3 is 2.62 bits per heavy atom. The van der Waals surface area contributed by atoms with Crippen LogP contribution in [-0.2, 0) is 24.3 Å². The second kappa shape index (κ2) is 14.2. The smallest absolute Gasteiger partial charge is 0.323 e. The quantitative estimate of drug-likeness (QED) is 0.368. The lowest BCUT2D eigenvalue weighted by atomic mass is 9.99. The highest BCUT2D eigenvalue weighted by molar-refractivity contribution is 6.30. The van der Waals surface area contributed by atoms with Gasteiger partial charge in [0.1, 0.15) is 12.3 Å². The molecule has 2 bridgehead atoms. The van der Waals surface area contributed by atoms with Gasteiger partial charge in [0.15, 0.2) is 0 Å². The number of halogens is 1. The van der Waals surface area contributed by atoms with Crippen LogP contribution in [0.25, 0.3) is 0 Å². The Kier molecular flexibility index (Phi) is 10.4. The molecule has 1 aliphatic heterocycles. The van der Waals surface area contributed by atoms with Gasteiger partial charge >= 0.3 is 5.97 Å². The van der Waals surface area contributed by atoms with Gasteiger partial charge in [-0.3, -0.25) is 14.5 Å². The molecule has 1 heterocycles. The Balaban J connectivity index is 1.62. The Bertz CT molecular complexity index is 1280. The van der Waals surface area contributed by atoms with Crippen molar-refractivity contribution in [3.05, 3.63) is 99.6 Å². The van der Waals surface area contributed by atoms with E-state index in [0.717, 1.165) is 67.8 Å². The Morgan fingerprint density at radius 1 is 1.00 bits per heavy atom. The molecule has 0 unspecified atom stereocenters. The molecule has 3 aromatic rings. The van der Waals surface area contributed by atoms with Crippen LogP contribution < -0.4 is 4.74 Å². The predicted octanol–water partition coefficient (Wildman–Crippen LogP) is 6.43. The molecule has 0 saturated carbocycles. The normalized spacial score (nSPS) is 14.5. The summed E-state index contributed by atoms with van der Waals surface area (Å²) in [5.74, 6) is -0.647. The highest BCUT2D eigenvalue weighted by atomic mass is 35.5. The summed E-state index contributed by atoms with van der Waals surface area (Å²) < 4.78 is 6.20. The van der Waals surface area contributed by atoms with E-state index in [9.17, 15) is 14.7 Å². The minimum atomic E-state index is -1.07. The van der Waals surface area contributed by atoms with E-state index in [1.165, 1.54) is 10.5 Å². The van der Waals surface area contributed by atoms with Gasteiger partial charge in [-0.05, 0) is 91.4 Å². The van der Waals surface area contributed by atoms with Crippen LogP contribution in [0.2, 0.25) is 5.02 Å². The zero-order chi connectivity index (χ0) is 27.6. The van der Waals surface area contributed by atoms with E-state index in [2.05, 4.69) is 36.1 Å². The average Bonchev–Trinajstić information content (AvgIpc) is 2.90. The molecule has 39 heavy (non-hydrogen) atoms. The number of aliphatic carboxylic acids is 1. The first kappa shape index (κ1) is 28.7. The maximum Gasteiger partial charge on any atom is 0.323 e. The molecule has 0 aromatic heterocycles. The summed E-state index contributed by atoms with van der Waals surface area (Å²) in [6.07, 6.45) is 4.95. The molecular weight excluding hydrogens is 512 g/mol. The van der Waals surface area contributed by atoms with E-state index in [0.29, 0.717) is 23.6 Å². The van der Waals surface area contributed by atoms with Crippen molar-refractivity contribution in [2.24, 2.45) is 0 Å². The largest absolute Gasteiger partial charge is 0.493 e. The molecule has 206 valence electrons. The zero-order valence-electron chi connectivity index (χ0n) is 22.6. The van der Waals surface area contributed by atoms with Gasteiger partial charge in [0, 0.05) is 30.1 Å². The lowest BCUT2D eigenvalue weighted by molar-refractivity contribution is -0.137. The number of fused-ring (bicyclic) bond motifs is 3.